The number of aromatic nitrogens is 2. The van der Waals surface area contributed by atoms with Gasteiger partial charge in [0.1, 0.15) is 11.9 Å². The first-order chi connectivity index (χ1) is 12.7. The molecule has 1 fully saturated rings. The van der Waals surface area contributed by atoms with Crippen molar-refractivity contribution in [1.29, 1.82) is 0 Å². The van der Waals surface area contributed by atoms with E-state index in [1.165, 1.54) is 12.1 Å². The van der Waals surface area contributed by atoms with Crippen molar-refractivity contribution in [2.24, 2.45) is 12.0 Å². The number of hydrogen-bond donors (Lipinski definition) is 1. The molecule has 1 N–H and O–H groups in total. The molecule has 0 aliphatic carbocycles. The number of benzene rings is 1. The molecule has 0 radical (unpaired) electrons. The van der Waals surface area contributed by atoms with Gasteiger partial charge in [0.15, 0.2) is 5.96 Å². The fourth-order valence-corrected chi connectivity index (χ4v) is 3.61. The molecule has 2 heterocycles. The van der Waals surface area contributed by atoms with E-state index >= 15 is 0 Å². The summed E-state index contributed by atoms with van der Waals surface area (Å²) >= 11 is 1.69. The molecule has 2 aromatic rings. The fraction of sp³-hybridized carbons (Fsp3) is 0.444. The zero-order valence-electron chi connectivity index (χ0n) is 15.5. The first-order valence-corrected chi connectivity index (χ1v) is 9.58. The van der Waals surface area contributed by atoms with Crippen LogP contribution in [0.25, 0.3) is 0 Å². The molecular weight excluding hydrogens is 480 g/mol. The highest BCUT2D eigenvalue weighted by Crippen LogP contribution is 2.21. The largest absolute Gasteiger partial charge is 0.370 e. The Balaban J connectivity index is 0.00000261. The fourth-order valence-electron chi connectivity index (χ4n) is 2.84. The van der Waals surface area contributed by atoms with E-state index in [9.17, 15) is 4.39 Å². The zero-order valence-corrected chi connectivity index (χ0v) is 18.6. The third-order valence-corrected chi connectivity index (χ3v) is 5.16. The average Bonchev–Trinajstić information content (AvgIpc) is 3.10. The van der Waals surface area contributed by atoms with E-state index in [0.29, 0.717) is 6.61 Å². The first kappa shape index (κ1) is 22.0. The van der Waals surface area contributed by atoms with Gasteiger partial charge in [-0.15, -0.1) is 35.7 Å². The Morgan fingerprint density at radius 2 is 2.19 bits per heavy atom. The van der Waals surface area contributed by atoms with Crippen LogP contribution in [0.3, 0.4) is 0 Å². The molecule has 0 amide bonds. The number of thioether (sulfide) groups is 1. The number of guanidine groups is 1. The van der Waals surface area contributed by atoms with Crippen molar-refractivity contribution in [2.45, 2.75) is 11.0 Å². The monoisotopic (exact) mass is 505 g/mol. The van der Waals surface area contributed by atoms with E-state index in [4.69, 9.17) is 4.74 Å². The van der Waals surface area contributed by atoms with Gasteiger partial charge in [-0.05, 0) is 24.3 Å². The smallest absolute Gasteiger partial charge is 0.193 e. The van der Waals surface area contributed by atoms with Gasteiger partial charge in [0, 0.05) is 49.6 Å². The van der Waals surface area contributed by atoms with Crippen LogP contribution in [0.1, 0.15) is 11.7 Å². The highest BCUT2D eigenvalue weighted by atomic mass is 127. The van der Waals surface area contributed by atoms with E-state index in [2.05, 4.69) is 20.3 Å². The number of morpholine rings is 1. The van der Waals surface area contributed by atoms with Crippen LogP contribution in [0.4, 0.5) is 4.39 Å². The Labute approximate surface area is 180 Å². The van der Waals surface area contributed by atoms with Crippen molar-refractivity contribution in [3.05, 3.63) is 48.0 Å². The number of rotatable bonds is 5. The lowest BCUT2D eigenvalue weighted by Crippen LogP contribution is -2.48. The van der Waals surface area contributed by atoms with Crippen LogP contribution >= 0.6 is 35.7 Å². The number of aryl methyl sites for hydroxylation is 1. The quantitative estimate of drug-likeness (QED) is 0.223. The summed E-state index contributed by atoms with van der Waals surface area (Å²) in [5.41, 5.74) is 1.08. The van der Waals surface area contributed by atoms with Crippen molar-refractivity contribution >= 4 is 41.7 Å². The van der Waals surface area contributed by atoms with Crippen molar-refractivity contribution in [1.82, 2.24) is 20.0 Å². The summed E-state index contributed by atoms with van der Waals surface area (Å²) in [6, 6.07) is 6.58. The number of nitrogens with one attached hydrogen (secondary N) is 1. The van der Waals surface area contributed by atoms with Gasteiger partial charge in [-0.25, -0.2) is 4.39 Å². The number of halogens is 2. The minimum Gasteiger partial charge on any atom is -0.370 e. The Kier molecular flexibility index (Phi) is 8.84. The maximum Gasteiger partial charge on any atom is 0.193 e. The second kappa shape index (κ2) is 10.9. The lowest BCUT2D eigenvalue weighted by atomic mass is 10.1. The van der Waals surface area contributed by atoms with Crippen LogP contribution < -0.4 is 5.32 Å². The molecular formula is C18H25FIN5OS. The van der Waals surface area contributed by atoms with E-state index < -0.39 is 0 Å². The molecule has 148 valence electrons. The normalized spacial score (nSPS) is 17.5. The zero-order chi connectivity index (χ0) is 18.4. The van der Waals surface area contributed by atoms with E-state index in [-0.39, 0.29) is 35.9 Å². The summed E-state index contributed by atoms with van der Waals surface area (Å²) in [5, 5.41) is 7.63. The van der Waals surface area contributed by atoms with Crippen molar-refractivity contribution in [3.63, 3.8) is 0 Å². The summed E-state index contributed by atoms with van der Waals surface area (Å²) in [5.74, 6) is 1.55. The molecule has 1 unspecified atom stereocenters. The predicted molar refractivity (Wildman–Crippen MR) is 117 cm³/mol. The Morgan fingerprint density at radius 1 is 1.41 bits per heavy atom. The van der Waals surface area contributed by atoms with Crippen LogP contribution in [-0.4, -0.2) is 59.7 Å². The van der Waals surface area contributed by atoms with Crippen molar-refractivity contribution in [3.8, 4) is 0 Å². The maximum absolute atomic E-state index is 12.9. The molecule has 3 rings (SSSR count). The van der Waals surface area contributed by atoms with E-state index in [0.717, 1.165) is 41.8 Å². The Bertz CT molecular complexity index is 740. The van der Waals surface area contributed by atoms with Gasteiger partial charge in [-0.3, -0.25) is 9.67 Å². The standard InChI is InChI=1S/C18H24FN5OS.HI/c1-20-18(21-7-10-26-16-5-3-15(19)4-6-16)24-8-9-25-17(13-24)14-11-22-23(2)12-14;/h3-6,11-12,17H,7-10,13H2,1-2H3,(H,20,21);1H. The summed E-state index contributed by atoms with van der Waals surface area (Å²) in [7, 11) is 3.70. The van der Waals surface area contributed by atoms with Gasteiger partial charge in [-0.2, -0.15) is 5.10 Å². The van der Waals surface area contributed by atoms with Crippen molar-refractivity contribution in [2.75, 3.05) is 39.0 Å². The van der Waals surface area contributed by atoms with Crippen LogP contribution in [0.15, 0.2) is 46.5 Å². The number of hydrogen-bond acceptors (Lipinski definition) is 4. The first-order valence-electron chi connectivity index (χ1n) is 8.60. The predicted octanol–water partition coefficient (Wildman–Crippen LogP) is 2.92. The Morgan fingerprint density at radius 3 is 2.85 bits per heavy atom. The molecule has 0 bridgehead atoms. The second-order valence-electron chi connectivity index (χ2n) is 6.03. The number of aliphatic imine (C=N–C) groups is 1. The summed E-state index contributed by atoms with van der Waals surface area (Å²) in [4.78, 5) is 7.67. The minimum absolute atomic E-state index is 0. The third-order valence-electron chi connectivity index (χ3n) is 4.14. The molecule has 6 nitrogen and oxygen atoms in total. The second-order valence-corrected chi connectivity index (χ2v) is 7.20. The van der Waals surface area contributed by atoms with Gasteiger partial charge in [-0.1, -0.05) is 0 Å². The number of ether oxygens (including phenoxy) is 1. The summed E-state index contributed by atoms with van der Waals surface area (Å²) in [6.07, 6.45) is 3.84. The van der Waals surface area contributed by atoms with Crippen LogP contribution in [0.5, 0.6) is 0 Å². The highest BCUT2D eigenvalue weighted by molar-refractivity contribution is 14.0. The van der Waals surface area contributed by atoms with Gasteiger partial charge >= 0.3 is 0 Å². The molecule has 9 heteroatoms. The van der Waals surface area contributed by atoms with E-state index in [1.54, 1.807) is 35.6 Å². The van der Waals surface area contributed by atoms with Crippen molar-refractivity contribution < 1.29 is 9.13 Å². The third kappa shape index (κ3) is 6.35. The average molecular weight is 505 g/mol. The SMILES string of the molecule is CN=C(NCCSc1ccc(F)cc1)N1CCOC(c2cnn(C)c2)C1.I. The molecule has 1 aliphatic rings. The molecule has 27 heavy (non-hydrogen) atoms. The van der Waals surface area contributed by atoms with Gasteiger partial charge < -0.3 is 15.0 Å². The molecule has 0 saturated carbocycles. The summed E-state index contributed by atoms with van der Waals surface area (Å²) < 4.78 is 20.6. The van der Waals surface area contributed by atoms with Crippen LogP contribution in [-0.2, 0) is 11.8 Å². The number of nitrogens with zero attached hydrogens (tertiary/aromatic N) is 4. The molecule has 1 aromatic heterocycles. The summed E-state index contributed by atoms with van der Waals surface area (Å²) in [6.45, 7) is 2.99. The molecule has 1 aliphatic heterocycles. The van der Waals surface area contributed by atoms with Gasteiger partial charge in [0.25, 0.3) is 0 Å². The van der Waals surface area contributed by atoms with Crippen LogP contribution in [0, 0.1) is 5.82 Å². The van der Waals surface area contributed by atoms with Gasteiger partial charge in [0.05, 0.1) is 19.3 Å². The molecule has 1 atom stereocenters. The van der Waals surface area contributed by atoms with Gasteiger partial charge in [0.2, 0.25) is 0 Å². The Hall–Kier alpha value is -1.33. The highest BCUT2D eigenvalue weighted by Gasteiger charge is 2.24. The molecule has 1 saturated heterocycles. The maximum atomic E-state index is 12.9. The lowest BCUT2D eigenvalue weighted by molar-refractivity contribution is -0.00798. The molecule has 1 aromatic carbocycles. The van der Waals surface area contributed by atoms with Crippen LogP contribution in [0.2, 0.25) is 0 Å². The minimum atomic E-state index is -0.205. The molecule has 0 spiro atoms. The van der Waals surface area contributed by atoms with E-state index in [1.807, 2.05) is 19.4 Å². The lowest BCUT2D eigenvalue weighted by Gasteiger charge is -2.34. The topological polar surface area (TPSA) is 54.7 Å².